The summed E-state index contributed by atoms with van der Waals surface area (Å²) in [5.74, 6) is 0. The van der Waals surface area contributed by atoms with Gasteiger partial charge in [-0.1, -0.05) is 30.4 Å². The number of aliphatic hydroxyl groups excluding tert-OH is 1. The third-order valence-electron chi connectivity index (χ3n) is 1.91. The van der Waals surface area contributed by atoms with Crippen LogP contribution in [-0.4, -0.2) is 26.4 Å². The molecule has 82 valence electrons. The molecule has 0 spiro atoms. The summed E-state index contributed by atoms with van der Waals surface area (Å²) in [7, 11) is -3.18. The van der Waals surface area contributed by atoms with E-state index < -0.39 is 9.84 Å². The molecular weight excluding hydrogens is 212 g/mol. The number of aliphatic hydroxyl groups is 1. The Bertz CT molecular complexity index is 447. The largest absolute Gasteiger partial charge is 0.396 e. The lowest BCUT2D eigenvalue weighted by Gasteiger charge is -2.02. The van der Waals surface area contributed by atoms with Crippen LogP contribution in [0.4, 0.5) is 0 Å². The van der Waals surface area contributed by atoms with E-state index in [1.807, 2.05) is 0 Å². The molecule has 0 fully saturated rings. The van der Waals surface area contributed by atoms with Crippen molar-refractivity contribution in [2.45, 2.75) is 11.3 Å². The van der Waals surface area contributed by atoms with Gasteiger partial charge in [0.15, 0.2) is 9.84 Å². The second-order valence-corrected chi connectivity index (χ2v) is 5.21. The Morgan fingerprint density at radius 1 is 1.33 bits per heavy atom. The minimum absolute atomic E-state index is 0.0670. The zero-order valence-corrected chi connectivity index (χ0v) is 9.37. The SMILES string of the molecule is CS(=O)(=O)c1ccccc1C=CCCO. The van der Waals surface area contributed by atoms with Crippen molar-refractivity contribution >= 4 is 15.9 Å². The number of sulfone groups is 1. The summed E-state index contributed by atoms with van der Waals surface area (Å²) in [6.45, 7) is 0.0670. The van der Waals surface area contributed by atoms with E-state index in [4.69, 9.17) is 5.11 Å². The summed E-state index contributed by atoms with van der Waals surface area (Å²) in [5, 5.41) is 8.60. The standard InChI is InChI=1S/C11H14O3S/c1-15(13,14)11-8-3-2-6-10(11)7-4-5-9-12/h2-4,6-8,12H,5,9H2,1H3. The van der Waals surface area contributed by atoms with E-state index in [1.165, 1.54) is 6.26 Å². The van der Waals surface area contributed by atoms with E-state index in [-0.39, 0.29) is 6.61 Å². The average Bonchev–Trinajstić information content (AvgIpc) is 2.17. The van der Waals surface area contributed by atoms with Gasteiger partial charge in [-0.15, -0.1) is 0 Å². The van der Waals surface area contributed by atoms with E-state index in [9.17, 15) is 8.42 Å². The molecule has 0 saturated heterocycles. The minimum atomic E-state index is -3.18. The highest BCUT2D eigenvalue weighted by Crippen LogP contribution is 2.16. The summed E-state index contributed by atoms with van der Waals surface area (Å²) >= 11 is 0. The van der Waals surface area contributed by atoms with E-state index in [1.54, 1.807) is 36.4 Å². The first-order chi connectivity index (χ1) is 7.05. The molecule has 0 bridgehead atoms. The van der Waals surface area contributed by atoms with Crippen LogP contribution in [0.25, 0.3) is 6.08 Å². The van der Waals surface area contributed by atoms with Gasteiger partial charge in [0.25, 0.3) is 0 Å². The molecule has 0 atom stereocenters. The highest BCUT2D eigenvalue weighted by atomic mass is 32.2. The Kier molecular flexibility index (Phi) is 4.05. The molecule has 4 heteroatoms. The van der Waals surface area contributed by atoms with Gasteiger partial charge in [-0.25, -0.2) is 8.42 Å². The number of hydrogen-bond donors (Lipinski definition) is 1. The molecule has 0 radical (unpaired) electrons. The fourth-order valence-corrected chi connectivity index (χ4v) is 2.13. The predicted octanol–water partition coefficient (Wildman–Crippen LogP) is 1.49. The molecule has 0 aromatic heterocycles. The normalized spacial score (nSPS) is 12.1. The maximum absolute atomic E-state index is 11.4. The van der Waals surface area contributed by atoms with E-state index in [0.29, 0.717) is 16.9 Å². The van der Waals surface area contributed by atoms with Crippen LogP contribution in [0.2, 0.25) is 0 Å². The van der Waals surface area contributed by atoms with Gasteiger partial charge < -0.3 is 5.11 Å². The molecule has 1 N–H and O–H groups in total. The Morgan fingerprint density at radius 3 is 2.60 bits per heavy atom. The van der Waals surface area contributed by atoms with Crippen LogP contribution < -0.4 is 0 Å². The molecule has 1 rings (SSSR count). The van der Waals surface area contributed by atoms with E-state index >= 15 is 0 Å². The third kappa shape index (κ3) is 3.49. The second kappa shape index (κ2) is 5.09. The minimum Gasteiger partial charge on any atom is -0.396 e. The summed E-state index contributed by atoms with van der Waals surface area (Å²) in [5.41, 5.74) is 0.661. The van der Waals surface area contributed by atoms with Crippen molar-refractivity contribution in [3.63, 3.8) is 0 Å². The molecule has 15 heavy (non-hydrogen) atoms. The van der Waals surface area contributed by atoms with Crippen LogP contribution in [0.3, 0.4) is 0 Å². The second-order valence-electron chi connectivity index (χ2n) is 3.22. The van der Waals surface area contributed by atoms with Crippen LogP contribution in [0.5, 0.6) is 0 Å². The first kappa shape index (κ1) is 11.9. The van der Waals surface area contributed by atoms with E-state index in [2.05, 4.69) is 0 Å². The topological polar surface area (TPSA) is 54.4 Å². The number of rotatable bonds is 4. The highest BCUT2D eigenvalue weighted by molar-refractivity contribution is 7.90. The first-order valence-corrected chi connectivity index (χ1v) is 6.51. The number of hydrogen-bond acceptors (Lipinski definition) is 3. The molecule has 0 aliphatic carbocycles. The van der Waals surface area contributed by atoms with Crippen molar-refractivity contribution < 1.29 is 13.5 Å². The van der Waals surface area contributed by atoms with Gasteiger partial charge in [-0.3, -0.25) is 0 Å². The summed E-state index contributed by atoms with van der Waals surface area (Å²) in [6.07, 6.45) is 5.18. The van der Waals surface area contributed by atoms with Crippen molar-refractivity contribution in [3.8, 4) is 0 Å². The Balaban J connectivity index is 3.08. The molecular formula is C11H14O3S. The van der Waals surface area contributed by atoms with Crippen molar-refractivity contribution in [1.82, 2.24) is 0 Å². The number of benzene rings is 1. The first-order valence-electron chi connectivity index (χ1n) is 4.62. The predicted molar refractivity (Wildman–Crippen MR) is 60.3 cm³/mol. The lowest BCUT2D eigenvalue weighted by atomic mass is 10.2. The van der Waals surface area contributed by atoms with Crippen LogP contribution in [-0.2, 0) is 9.84 Å². The molecule has 0 heterocycles. The lowest BCUT2D eigenvalue weighted by molar-refractivity contribution is 0.303. The van der Waals surface area contributed by atoms with Crippen LogP contribution >= 0.6 is 0 Å². The Hall–Kier alpha value is -1.13. The molecule has 0 aliphatic rings. The van der Waals surface area contributed by atoms with Gasteiger partial charge in [0, 0.05) is 12.9 Å². The molecule has 0 unspecified atom stereocenters. The zero-order chi connectivity index (χ0) is 11.3. The maximum atomic E-state index is 11.4. The molecule has 1 aromatic carbocycles. The van der Waals surface area contributed by atoms with Crippen molar-refractivity contribution in [2.24, 2.45) is 0 Å². The molecule has 1 aromatic rings. The highest BCUT2D eigenvalue weighted by Gasteiger charge is 2.09. The molecule has 3 nitrogen and oxygen atoms in total. The van der Waals surface area contributed by atoms with Gasteiger partial charge in [0.05, 0.1) is 4.90 Å². The molecule has 0 aliphatic heterocycles. The summed E-state index contributed by atoms with van der Waals surface area (Å²) < 4.78 is 22.8. The smallest absolute Gasteiger partial charge is 0.176 e. The molecule has 0 amide bonds. The van der Waals surface area contributed by atoms with Crippen LogP contribution in [0.15, 0.2) is 35.2 Å². The van der Waals surface area contributed by atoms with Crippen LogP contribution in [0.1, 0.15) is 12.0 Å². The van der Waals surface area contributed by atoms with Crippen molar-refractivity contribution in [1.29, 1.82) is 0 Å². The van der Waals surface area contributed by atoms with Gasteiger partial charge in [-0.2, -0.15) is 0 Å². The van der Waals surface area contributed by atoms with Gasteiger partial charge >= 0.3 is 0 Å². The van der Waals surface area contributed by atoms with Gasteiger partial charge in [-0.05, 0) is 18.1 Å². The fraction of sp³-hybridized carbons (Fsp3) is 0.273. The van der Waals surface area contributed by atoms with Crippen LogP contribution in [0, 0.1) is 0 Å². The summed E-state index contributed by atoms with van der Waals surface area (Å²) in [6, 6.07) is 6.80. The lowest BCUT2D eigenvalue weighted by Crippen LogP contribution is -1.99. The Morgan fingerprint density at radius 2 is 2.00 bits per heavy atom. The third-order valence-corrected chi connectivity index (χ3v) is 3.08. The van der Waals surface area contributed by atoms with Crippen molar-refractivity contribution in [3.05, 3.63) is 35.9 Å². The quantitative estimate of drug-likeness (QED) is 0.846. The zero-order valence-electron chi connectivity index (χ0n) is 8.55. The maximum Gasteiger partial charge on any atom is 0.176 e. The fourth-order valence-electron chi connectivity index (χ4n) is 1.24. The molecule has 0 saturated carbocycles. The van der Waals surface area contributed by atoms with Gasteiger partial charge in [0.1, 0.15) is 0 Å². The average molecular weight is 226 g/mol. The van der Waals surface area contributed by atoms with Crippen molar-refractivity contribution in [2.75, 3.05) is 12.9 Å². The summed E-state index contributed by atoms with van der Waals surface area (Å²) in [4.78, 5) is 0.319. The Labute approximate surface area is 90.0 Å². The van der Waals surface area contributed by atoms with Gasteiger partial charge in [0.2, 0.25) is 0 Å². The monoisotopic (exact) mass is 226 g/mol. The van der Waals surface area contributed by atoms with E-state index in [0.717, 1.165) is 0 Å².